The maximum absolute atomic E-state index is 13.0. The second-order valence-electron chi connectivity index (χ2n) is 6.75. The Hall–Kier alpha value is -2.82. The second-order valence-corrected chi connectivity index (χ2v) is 8.28. The topological polar surface area (TPSA) is 42.0 Å². The molecule has 0 spiro atoms. The van der Waals surface area contributed by atoms with Gasteiger partial charge in [-0.15, -0.1) is 0 Å². The zero-order valence-corrected chi connectivity index (χ0v) is 17.4. The third-order valence-electron chi connectivity index (χ3n) is 4.55. The number of benzene rings is 3. The number of carbonyl (C=O) groups is 1. The summed E-state index contributed by atoms with van der Waals surface area (Å²) in [5, 5.41) is 5.34. The number of rotatable bonds is 5. The van der Waals surface area contributed by atoms with Crippen molar-refractivity contribution in [1.29, 1.82) is 0 Å². The lowest BCUT2D eigenvalue weighted by molar-refractivity contribution is 0.0952. The summed E-state index contributed by atoms with van der Waals surface area (Å²) in [6, 6.07) is 25.3. The molecule has 1 amide bonds. The number of amides is 1. The van der Waals surface area contributed by atoms with Crippen LogP contribution in [0.3, 0.4) is 0 Å². The van der Waals surface area contributed by atoms with Crippen LogP contribution in [0.1, 0.15) is 21.5 Å². The van der Waals surface area contributed by atoms with Crippen molar-refractivity contribution in [3.63, 3.8) is 0 Å². The smallest absolute Gasteiger partial charge is 0.252 e. The van der Waals surface area contributed by atoms with Crippen LogP contribution in [0.15, 0.2) is 88.8 Å². The maximum Gasteiger partial charge on any atom is 0.252 e. The molecule has 0 saturated carbocycles. The van der Waals surface area contributed by atoms with Crippen molar-refractivity contribution in [3.05, 3.63) is 101 Å². The largest absolute Gasteiger partial charge is 0.348 e. The van der Waals surface area contributed by atoms with Crippen LogP contribution in [0.2, 0.25) is 5.02 Å². The summed E-state index contributed by atoms with van der Waals surface area (Å²) >= 11 is 7.48. The van der Waals surface area contributed by atoms with Crippen molar-refractivity contribution in [1.82, 2.24) is 10.3 Å². The Kier molecular flexibility index (Phi) is 5.84. The summed E-state index contributed by atoms with van der Waals surface area (Å²) < 4.78 is 0. The highest BCUT2D eigenvalue weighted by Gasteiger charge is 2.13. The molecule has 4 aromatic rings. The molecule has 1 N–H and O–H groups in total. The van der Waals surface area contributed by atoms with Gasteiger partial charge >= 0.3 is 0 Å². The summed E-state index contributed by atoms with van der Waals surface area (Å²) in [7, 11) is 0. The molecule has 0 aliphatic carbocycles. The molecule has 1 aromatic heterocycles. The minimum absolute atomic E-state index is 0.109. The average molecular weight is 419 g/mol. The van der Waals surface area contributed by atoms with E-state index >= 15 is 0 Å². The standard InChI is InChI=1S/C24H19ClN2OS/c1-16-6-8-17(9-7-16)15-26-24(28)21-14-23(27-22-5-3-2-4-20(21)22)29-19-12-10-18(25)11-13-19/h2-14H,15H2,1H3,(H,26,28). The van der Waals surface area contributed by atoms with Crippen molar-refractivity contribution in [2.75, 3.05) is 0 Å². The zero-order valence-electron chi connectivity index (χ0n) is 15.9. The molecule has 144 valence electrons. The van der Waals surface area contributed by atoms with Crippen molar-refractivity contribution in [2.45, 2.75) is 23.4 Å². The van der Waals surface area contributed by atoms with Gasteiger partial charge in [0, 0.05) is 21.8 Å². The average Bonchev–Trinajstić information content (AvgIpc) is 2.74. The van der Waals surface area contributed by atoms with Crippen molar-refractivity contribution in [3.8, 4) is 0 Å². The van der Waals surface area contributed by atoms with Gasteiger partial charge in [-0.3, -0.25) is 4.79 Å². The van der Waals surface area contributed by atoms with Gasteiger partial charge in [-0.2, -0.15) is 0 Å². The van der Waals surface area contributed by atoms with E-state index in [1.165, 1.54) is 17.3 Å². The van der Waals surface area contributed by atoms with Gasteiger partial charge in [0.05, 0.1) is 11.1 Å². The van der Waals surface area contributed by atoms with Crippen LogP contribution in [-0.4, -0.2) is 10.9 Å². The number of para-hydroxylation sites is 1. The molecular formula is C24H19ClN2OS. The second kappa shape index (κ2) is 8.68. The van der Waals surface area contributed by atoms with Gasteiger partial charge < -0.3 is 5.32 Å². The van der Waals surface area contributed by atoms with Crippen LogP contribution in [0.5, 0.6) is 0 Å². The van der Waals surface area contributed by atoms with Crippen molar-refractivity contribution < 1.29 is 4.79 Å². The van der Waals surface area contributed by atoms with Crippen LogP contribution in [0, 0.1) is 6.92 Å². The first-order valence-electron chi connectivity index (χ1n) is 9.25. The van der Waals surface area contributed by atoms with Crippen LogP contribution < -0.4 is 5.32 Å². The molecule has 0 aliphatic heterocycles. The Morgan fingerprint density at radius 2 is 1.72 bits per heavy atom. The van der Waals surface area contributed by atoms with Crippen LogP contribution in [-0.2, 0) is 6.54 Å². The van der Waals surface area contributed by atoms with Crippen LogP contribution in [0.25, 0.3) is 10.9 Å². The van der Waals surface area contributed by atoms with Crippen LogP contribution >= 0.6 is 23.4 Å². The highest BCUT2D eigenvalue weighted by atomic mass is 35.5. The molecule has 0 bridgehead atoms. The third kappa shape index (κ3) is 4.78. The molecule has 0 aliphatic rings. The van der Waals surface area contributed by atoms with Gasteiger partial charge in [0.1, 0.15) is 5.03 Å². The minimum Gasteiger partial charge on any atom is -0.348 e. The first-order valence-corrected chi connectivity index (χ1v) is 10.4. The number of pyridine rings is 1. The van der Waals surface area contributed by atoms with E-state index in [1.807, 2.05) is 85.8 Å². The van der Waals surface area contributed by atoms with Crippen LogP contribution in [0.4, 0.5) is 0 Å². The molecule has 0 unspecified atom stereocenters. The number of nitrogens with zero attached hydrogens (tertiary/aromatic N) is 1. The molecular weight excluding hydrogens is 400 g/mol. The fourth-order valence-corrected chi connectivity index (χ4v) is 3.96. The van der Waals surface area contributed by atoms with E-state index in [4.69, 9.17) is 16.6 Å². The fourth-order valence-electron chi connectivity index (χ4n) is 3.00. The van der Waals surface area contributed by atoms with E-state index in [0.717, 1.165) is 26.4 Å². The summed E-state index contributed by atoms with van der Waals surface area (Å²) in [5.41, 5.74) is 3.69. The van der Waals surface area contributed by atoms with E-state index < -0.39 is 0 Å². The molecule has 0 fully saturated rings. The molecule has 3 nitrogen and oxygen atoms in total. The third-order valence-corrected chi connectivity index (χ3v) is 5.73. The Balaban J connectivity index is 1.61. The number of hydrogen-bond donors (Lipinski definition) is 1. The Bertz CT molecular complexity index is 1160. The SMILES string of the molecule is Cc1ccc(CNC(=O)c2cc(Sc3ccc(Cl)cc3)nc3ccccc23)cc1. The molecule has 29 heavy (non-hydrogen) atoms. The molecule has 5 heteroatoms. The van der Waals surface area contributed by atoms with E-state index in [1.54, 1.807) is 0 Å². The molecule has 0 radical (unpaired) electrons. The van der Waals surface area contributed by atoms with Crippen molar-refractivity contribution >= 4 is 40.2 Å². The molecule has 4 rings (SSSR count). The number of nitrogens with one attached hydrogen (secondary N) is 1. The lowest BCUT2D eigenvalue weighted by Crippen LogP contribution is -2.23. The number of carbonyl (C=O) groups excluding carboxylic acids is 1. The number of hydrogen-bond acceptors (Lipinski definition) is 3. The van der Waals surface area contributed by atoms with Gasteiger partial charge in [0.25, 0.3) is 5.91 Å². The first-order chi connectivity index (χ1) is 14.1. The normalized spacial score (nSPS) is 10.8. The quantitative estimate of drug-likeness (QED) is 0.414. The summed E-state index contributed by atoms with van der Waals surface area (Å²) in [6.45, 7) is 2.53. The number of halogens is 1. The van der Waals surface area contributed by atoms with E-state index in [9.17, 15) is 4.79 Å². The molecule has 1 heterocycles. The molecule has 0 saturated heterocycles. The summed E-state index contributed by atoms with van der Waals surface area (Å²) in [6.07, 6.45) is 0. The zero-order chi connectivity index (χ0) is 20.2. The Morgan fingerprint density at radius 3 is 2.48 bits per heavy atom. The van der Waals surface area contributed by atoms with Gasteiger partial charge in [-0.25, -0.2) is 4.98 Å². The predicted molar refractivity (Wildman–Crippen MR) is 120 cm³/mol. The Labute approximate surface area is 179 Å². The van der Waals surface area contributed by atoms with Gasteiger partial charge in [-0.05, 0) is 48.9 Å². The predicted octanol–water partition coefficient (Wildman–Crippen LogP) is 6.28. The van der Waals surface area contributed by atoms with Gasteiger partial charge in [0.15, 0.2) is 0 Å². The molecule has 0 atom stereocenters. The summed E-state index contributed by atoms with van der Waals surface area (Å²) in [5.74, 6) is -0.109. The van der Waals surface area contributed by atoms with E-state index in [-0.39, 0.29) is 5.91 Å². The first kappa shape index (κ1) is 19.5. The lowest BCUT2D eigenvalue weighted by Gasteiger charge is -2.11. The number of aromatic nitrogens is 1. The fraction of sp³-hybridized carbons (Fsp3) is 0.0833. The van der Waals surface area contributed by atoms with Gasteiger partial charge in [-0.1, -0.05) is 71.4 Å². The Morgan fingerprint density at radius 1 is 1.00 bits per heavy atom. The monoisotopic (exact) mass is 418 g/mol. The summed E-state index contributed by atoms with van der Waals surface area (Å²) in [4.78, 5) is 18.7. The number of fused-ring (bicyclic) bond motifs is 1. The van der Waals surface area contributed by atoms with E-state index in [2.05, 4.69) is 5.32 Å². The lowest BCUT2D eigenvalue weighted by atomic mass is 10.1. The highest BCUT2D eigenvalue weighted by molar-refractivity contribution is 7.99. The number of aryl methyl sites for hydroxylation is 1. The van der Waals surface area contributed by atoms with Crippen molar-refractivity contribution in [2.24, 2.45) is 0 Å². The maximum atomic E-state index is 13.0. The van der Waals surface area contributed by atoms with E-state index in [0.29, 0.717) is 17.1 Å². The van der Waals surface area contributed by atoms with Gasteiger partial charge in [0.2, 0.25) is 0 Å². The molecule has 3 aromatic carbocycles. The minimum atomic E-state index is -0.109. The highest BCUT2D eigenvalue weighted by Crippen LogP contribution is 2.30.